The minimum atomic E-state index is -4.65. The molecule has 1 unspecified atom stereocenters. The van der Waals surface area contributed by atoms with E-state index >= 15 is 0 Å². The number of ether oxygens (including phenoxy) is 1. The summed E-state index contributed by atoms with van der Waals surface area (Å²) in [5.41, 5.74) is 8.46. The number of halogens is 3. The zero-order valence-corrected chi connectivity index (χ0v) is 11.8. The van der Waals surface area contributed by atoms with Gasteiger partial charge in [-0.2, -0.15) is 0 Å². The molecule has 0 fully saturated rings. The molecule has 0 radical (unpaired) electrons. The predicted molar refractivity (Wildman–Crippen MR) is 76.0 cm³/mol. The van der Waals surface area contributed by atoms with Gasteiger partial charge in [0.05, 0.1) is 0 Å². The summed E-state index contributed by atoms with van der Waals surface area (Å²) in [6.07, 6.45) is 3.86. The number of alkyl halides is 3. The molecule has 1 aliphatic rings. The molecule has 0 spiro atoms. The summed E-state index contributed by atoms with van der Waals surface area (Å²) in [4.78, 5) is 0. The fourth-order valence-electron chi connectivity index (χ4n) is 2.63. The highest BCUT2D eigenvalue weighted by Crippen LogP contribution is 2.24. The quantitative estimate of drug-likeness (QED) is 0.821. The van der Waals surface area contributed by atoms with Gasteiger partial charge in [0.2, 0.25) is 0 Å². The van der Waals surface area contributed by atoms with E-state index in [9.17, 15) is 13.2 Å². The van der Waals surface area contributed by atoms with Crippen molar-refractivity contribution in [1.29, 1.82) is 0 Å². The van der Waals surface area contributed by atoms with Gasteiger partial charge in [0, 0.05) is 6.04 Å². The Morgan fingerprint density at radius 1 is 1.10 bits per heavy atom. The van der Waals surface area contributed by atoms with Gasteiger partial charge in [-0.3, -0.25) is 0 Å². The van der Waals surface area contributed by atoms with E-state index in [2.05, 4.69) is 10.8 Å². The molecular formula is C16H20F3NO. The van der Waals surface area contributed by atoms with Gasteiger partial charge in [-0.25, -0.2) is 0 Å². The third-order valence-corrected chi connectivity index (χ3v) is 3.56. The molecule has 1 aliphatic carbocycles. The number of hydrogen-bond acceptors (Lipinski definition) is 2. The first-order chi connectivity index (χ1) is 9.92. The van der Waals surface area contributed by atoms with E-state index in [-0.39, 0.29) is 11.8 Å². The lowest BCUT2D eigenvalue weighted by Gasteiger charge is -2.17. The van der Waals surface area contributed by atoms with Crippen LogP contribution in [-0.4, -0.2) is 12.4 Å². The minimum Gasteiger partial charge on any atom is -0.406 e. The molecule has 0 aliphatic heterocycles. The zero-order valence-electron chi connectivity index (χ0n) is 11.8. The van der Waals surface area contributed by atoms with Crippen molar-refractivity contribution in [3.05, 3.63) is 41.5 Å². The fraction of sp³-hybridized carbons (Fsp3) is 0.500. The molecule has 2 rings (SSSR count). The van der Waals surface area contributed by atoms with Crippen molar-refractivity contribution in [2.24, 2.45) is 5.73 Å². The molecule has 0 saturated carbocycles. The molecule has 0 saturated heterocycles. The molecule has 1 atom stereocenters. The van der Waals surface area contributed by atoms with Crippen molar-refractivity contribution in [1.82, 2.24) is 0 Å². The van der Waals surface area contributed by atoms with E-state index in [0.717, 1.165) is 24.8 Å². The SMILES string of the molecule is NC(CC1=CCCCC1)Cc1ccc(OC(F)(F)F)cc1. The normalized spacial score (nSPS) is 17.2. The van der Waals surface area contributed by atoms with E-state index in [1.54, 1.807) is 12.1 Å². The van der Waals surface area contributed by atoms with E-state index < -0.39 is 6.36 Å². The van der Waals surface area contributed by atoms with E-state index in [1.165, 1.54) is 30.5 Å². The van der Waals surface area contributed by atoms with Crippen LogP contribution in [0.5, 0.6) is 5.75 Å². The van der Waals surface area contributed by atoms with Crippen LogP contribution in [0.2, 0.25) is 0 Å². The van der Waals surface area contributed by atoms with Gasteiger partial charge in [-0.1, -0.05) is 23.8 Å². The highest BCUT2D eigenvalue weighted by molar-refractivity contribution is 5.28. The summed E-state index contributed by atoms with van der Waals surface area (Å²) in [5.74, 6) is -0.199. The Balaban J connectivity index is 1.86. The monoisotopic (exact) mass is 299 g/mol. The molecular weight excluding hydrogens is 279 g/mol. The summed E-state index contributed by atoms with van der Waals surface area (Å²) >= 11 is 0. The second-order valence-corrected chi connectivity index (χ2v) is 5.47. The molecule has 1 aromatic rings. The smallest absolute Gasteiger partial charge is 0.406 e. The van der Waals surface area contributed by atoms with Crippen LogP contribution in [0, 0.1) is 0 Å². The van der Waals surface area contributed by atoms with Crippen LogP contribution in [0.3, 0.4) is 0 Å². The number of benzene rings is 1. The molecule has 0 aromatic heterocycles. The number of allylic oxidation sites excluding steroid dienone is 1. The van der Waals surface area contributed by atoms with Gasteiger partial charge < -0.3 is 10.5 Å². The summed E-state index contributed by atoms with van der Waals surface area (Å²) in [5, 5.41) is 0. The minimum absolute atomic E-state index is 0.00346. The van der Waals surface area contributed by atoms with Crippen LogP contribution < -0.4 is 10.5 Å². The average molecular weight is 299 g/mol. The van der Waals surface area contributed by atoms with Crippen LogP contribution in [0.4, 0.5) is 13.2 Å². The summed E-state index contributed by atoms with van der Waals surface area (Å²) in [6.45, 7) is 0. The lowest BCUT2D eigenvalue weighted by molar-refractivity contribution is -0.274. The molecule has 0 bridgehead atoms. The standard InChI is InChI=1S/C16H20F3NO/c17-16(18,19)21-15-8-6-13(7-9-15)11-14(20)10-12-4-2-1-3-5-12/h4,6-9,14H,1-3,5,10-11,20H2. The first kappa shape index (κ1) is 15.9. The van der Waals surface area contributed by atoms with E-state index in [0.29, 0.717) is 6.42 Å². The number of rotatable bonds is 5. The Morgan fingerprint density at radius 2 is 1.81 bits per heavy atom. The van der Waals surface area contributed by atoms with Crippen LogP contribution >= 0.6 is 0 Å². The zero-order chi connectivity index (χ0) is 15.3. The number of nitrogens with two attached hydrogens (primary N) is 1. The maximum absolute atomic E-state index is 12.1. The van der Waals surface area contributed by atoms with Crippen molar-refractivity contribution in [2.75, 3.05) is 0 Å². The molecule has 5 heteroatoms. The largest absolute Gasteiger partial charge is 0.573 e. The van der Waals surface area contributed by atoms with Gasteiger partial charge in [0.15, 0.2) is 0 Å². The van der Waals surface area contributed by atoms with Crippen molar-refractivity contribution in [3.8, 4) is 5.75 Å². The molecule has 116 valence electrons. The Morgan fingerprint density at radius 3 is 2.38 bits per heavy atom. The highest BCUT2D eigenvalue weighted by Gasteiger charge is 2.30. The first-order valence-corrected chi connectivity index (χ1v) is 7.20. The van der Waals surface area contributed by atoms with Gasteiger partial charge in [-0.05, 0) is 56.2 Å². The molecule has 0 amide bonds. The van der Waals surface area contributed by atoms with Crippen molar-refractivity contribution >= 4 is 0 Å². The topological polar surface area (TPSA) is 35.2 Å². The fourth-order valence-corrected chi connectivity index (χ4v) is 2.63. The second kappa shape index (κ2) is 6.98. The molecule has 21 heavy (non-hydrogen) atoms. The predicted octanol–water partition coefficient (Wildman–Crippen LogP) is 4.35. The van der Waals surface area contributed by atoms with Gasteiger partial charge in [0.25, 0.3) is 0 Å². The summed E-state index contributed by atoms with van der Waals surface area (Å²) in [6, 6.07) is 5.93. The van der Waals surface area contributed by atoms with Crippen molar-refractivity contribution in [2.45, 2.75) is 50.9 Å². The number of hydrogen-bond donors (Lipinski definition) is 1. The third kappa shape index (κ3) is 5.79. The first-order valence-electron chi connectivity index (χ1n) is 7.20. The molecule has 1 aromatic carbocycles. The average Bonchev–Trinajstić information content (AvgIpc) is 2.40. The summed E-state index contributed by atoms with van der Waals surface area (Å²) in [7, 11) is 0. The van der Waals surface area contributed by atoms with Crippen molar-refractivity contribution < 1.29 is 17.9 Å². The van der Waals surface area contributed by atoms with Crippen LogP contribution in [0.1, 0.15) is 37.7 Å². The lowest BCUT2D eigenvalue weighted by Crippen LogP contribution is -2.23. The van der Waals surface area contributed by atoms with Gasteiger partial charge >= 0.3 is 6.36 Å². The molecule has 2 N–H and O–H groups in total. The Kier molecular flexibility index (Phi) is 5.28. The third-order valence-electron chi connectivity index (χ3n) is 3.56. The lowest BCUT2D eigenvalue weighted by atomic mass is 9.92. The Hall–Kier alpha value is -1.49. The molecule has 2 nitrogen and oxygen atoms in total. The highest BCUT2D eigenvalue weighted by atomic mass is 19.4. The Bertz CT molecular complexity index is 479. The maximum atomic E-state index is 12.1. The second-order valence-electron chi connectivity index (χ2n) is 5.47. The molecule has 0 heterocycles. The van der Waals surface area contributed by atoms with Gasteiger partial charge in [-0.15, -0.1) is 13.2 Å². The van der Waals surface area contributed by atoms with E-state index in [1.807, 2.05) is 0 Å². The van der Waals surface area contributed by atoms with Crippen molar-refractivity contribution in [3.63, 3.8) is 0 Å². The Labute approximate surface area is 122 Å². The van der Waals surface area contributed by atoms with Crippen LogP contribution in [-0.2, 0) is 6.42 Å². The van der Waals surface area contributed by atoms with Gasteiger partial charge in [0.1, 0.15) is 5.75 Å². The maximum Gasteiger partial charge on any atom is 0.573 e. The van der Waals surface area contributed by atoms with Crippen LogP contribution in [0.15, 0.2) is 35.9 Å². The summed E-state index contributed by atoms with van der Waals surface area (Å²) < 4.78 is 40.0. The van der Waals surface area contributed by atoms with E-state index in [4.69, 9.17) is 5.73 Å². The van der Waals surface area contributed by atoms with Crippen LogP contribution in [0.25, 0.3) is 0 Å².